The third kappa shape index (κ3) is 30.7. The molecule has 0 spiro atoms. The first-order valence-corrected chi connectivity index (χ1v) is 28.1. The molecule has 22 heteroatoms. The molecule has 0 aliphatic heterocycles. The number of aliphatic carboxylic acids is 1. The minimum absolute atomic E-state index is 0.0100. The van der Waals surface area contributed by atoms with Crippen LogP contribution in [0.4, 0.5) is 0 Å². The lowest BCUT2D eigenvalue weighted by molar-refractivity contribution is -0.143. The monoisotopic (exact) mass is 1080 g/mol. The summed E-state index contributed by atoms with van der Waals surface area (Å²) >= 11 is 0. The highest BCUT2D eigenvalue weighted by Gasteiger charge is 2.36. The zero-order valence-electron chi connectivity index (χ0n) is 48.3. The molecule has 0 aliphatic rings. The maximum Gasteiger partial charge on any atom is 0.326 e. The van der Waals surface area contributed by atoms with Crippen LogP contribution in [0.3, 0.4) is 0 Å². The number of amides is 8. The van der Waals surface area contributed by atoms with Crippen molar-refractivity contribution in [1.82, 2.24) is 42.5 Å². The van der Waals surface area contributed by atoms with Crippen LogP contribution < -0.4 is 65.5 Å². The second kappa shape index (κ2) is 38.6. The lowest BCUT2D eigenvalue weighted by Gasteiger charge is -2.29. The third-order valence-electron chi connectivity index (χ3n) is 12.5. The van der Waals surface area contributed by atoms with Gasteiger partial charge < -0.3 is 70.6 Å². The molecule has 0 aliphatic carbocycles. The number of carboxylic acids is 1. The molecule has 0 aromatic heterocycles. The van der Waals surface area contributed by atoms with E-state index in [0.29, 0.717) is 64.6 Å². The van der Waals surface area contributed by atoms with Crippen LogP contribution in [0.5, 0.6) is 0 Å². The van der Waals surface area contributed by atoms with Crippen molar-refractivity contribution in [2.24, 2.45) is 58.4 Å². The van der Waals surface area contributed by atoms with Crippen LogP contribution >= 0.6 is 0 Å². The Kier molecular flexibility index (Phi) is 36.1. The lowest BCUT2D eigenvalue weighted by Crippen LogP contribution is -2.60. The van der Waals surface area contributed by atoms with Crippen molar-refractivity contribution < 1.29 is 48.3 Å². The zero-order valence-corrected chi connectivity index (χ0v) is 48.3. The average Bonchev–Trinajstić information content (AvgIpc) is 3.30. The molecule has 0 unspecified atom stereocenters. The van der Waals surface area contributed by atoms with Crippen LogP contribution in [0.15, 0.2) is 0 Å². The zero-order chi connectivity index (χ0) is 58.2. The lowest BCUT2D eigenvalue weighted by atomic mass is 9.98. The van der Waals surface area contributed by atoms with E-state index in [-0.39, 0.29) is 86.9 Å². The Morgan fingerprint density at radius 1 is 0.303 bits per heavy atom. The first-order valence-electron chi connectivity index (χ1n) is 28.1. The van der Waals surface area contributed by atoms with Crippen LogP contribution in [0.25, 0.3) is 0 Å². The molecule has 440 valence electrons. The predicted octanol–water partition coefficient (Wildman–Crippen LogP) is 1.94. The molecule has 0 radical (unpaired) electrons. The average molecular weight is 1080 g/mol. The molecule has 9 atom stereocenters. The van der Waals surface area contributed by atoms with E-state index in [2.05, 4.69) is 42.5 Å². The molecule has 0 aromatic rings. The summed E-state index contributed by atoms with van der Waals surface area (Å²) in [7, 11) is 0. The fourth-order valence-corrected chi connectivity index (χ4v) is 8.56. The Bertz CT molecular complexity index is 1780. The van der Waals surface area contributed by atoms with Gasteiger partial charge in [-0.15, -0.1) is 0 Å². The van der Waals surface area contributed by atoms with Crippen molar-refractivity contribution in [3.05, 3.63) is 0 Å². The van der Waals surface area contributed by atoms with Crippen molar-refractivity contribution in [2.75, 3.05) is 19.6 Å². The molecule has 0 saturated carbocycles. The van der Waals surface area contributed by atoms with Gasteiger partial charge in [0.15, 0.2) is 0 Å². The number of carbonyl (C=O) groups is 9. The Labute approximate surface area is 454 Å². The molecule has 0 saturated heterocycles. The summed E-state index contributed by atoms with van der Waals surface area (Å²) in [5.41, 5.74) is 23.3. The number of carboxylic acid groups (broad SMARTS) is 1. The molecule has 76 heavy (non-hydrogen) atoms. The fraction of sp³-hybridized carbons (Fsp3) is 0.833. The van der Waals surface area contributed by atoms with Crippen molar-refractivity contribution >= 4 is 53.2 Å². The van der Waals surface area contributed by atoms with Gasteiger partial charge >= 0.3 is 5.97 Å². The van der Waals surface area contributed by atoms with Crippen LogP contribution in [0, 0.1) is 35.5 Å². The summed E-state index contributed by atoms with van der Waals surface area (Å²) in [6.45, 7) is 23.5. The molecule has 22 nitrogen and oxygen atoms in total. The fourth-order valence-electron chi connectivity index (χ4n) is 8.56. The summed E-state index contributed by atoms with van der Waals surface area (Å²) in [5.74, 6) is -6.76. The Balaban J connectivity index is 6.76. The summed E-state index contributed by atoms with van der Waals surface area (Å²) in [4.78, 5) is 124. The standard InChI is InChI=1S/C54H104N12O10/c1-31(2)25-40(61-46(67)37(58)19-13-16-22-55)51(72)64-41(26-32(3)4)49(70)59-38(20-14-17-23-56)47(68)62-43(28-34(7)8)52(73)65-42(27-33(5)6)50(71)60-39(21-15-18-24-57)48(69)63-44(29-35(9)10)53(74)66-45(54(75)76)30-36(11)12/h31-45H,13-30,55-58H2,1-12H3,(H,59,70)(H,60,71)(H,61,67)(H,62,68)(H,63,69)(H,64,72)(H,65,73)(H,66,74)(H,75,76)/t37-,38-,39-,40-,41-,42-,43-,44-,45-/m0/s1. The number of unbranched alkanes of at least 4 members (excludes halogenated alkanes) is 3. The van der Waals surface area contributed by atoms with Crippen molar-refractivity contribution in [3.63, 3.8) is 0 Å². The second-order valence-electron chi connectivity index (χ2n) is 23.1. The number of carbonyl (C=O) groups excluding carboxylic acids is 8. The molecule has 0 heterocycles. The first kappa shape index (κ1) is 71.1. The van der Waals surface area contributed by atoms with Gasteiger partial charge in [0.05, 0.1) is 6.04 Å². The number of hydrogen-bond donors (Lipinski definition) is 13. The summed E-state index contributed by atoms with van der Waals surface area (Å²) in [5, 5.41) is 32.0. The third-order valence-corrected chi connectivity index (χ3v) is 12.5. The van der Waals surface area contributed by atoms with E-state index in [1.165, 1.54) is 0 Å². The van der Waals surface area contributed by atoms with Crippen molar-refractivity contribution in [2.45, 2.75) is 234 Å². The van der Waals surface area contributed by atoms with E-state index < -0.39 is 108 Å². The predicted molar refractivity (Wildman–Crippen MR) is 297 cm³/mol. The Hall–Kier alpha value is -4.93. The van der Waals surface area contributed by atoms with Crippen LogP contribution in [-0.4, -0.2) is 132 Å². The van der Waals surface area contributed by atoms with Gasteiger partial charge in [-0.2, -0.15) is 0 Å². The Morgan fingerprint density at radius 3 is 0.737 bits per heavy atom. The summed E-state index contributed by atoms with van der Waals surface area (Å²) in [6, 6.07) is -9.94. The minimum Gasteiger partial charge on any atom is -0.480 e. The molecular formula is C54H104N12O10. The smallest absolute Gasteiger partial charge is 0.326 e. The topological polar surface area (TPSA) is 374 Å². The van der Waals surface area contributed by atoms with Gasteiger partial charge in [-0.3, -0.25) is 38.4 Å². The highest BCUT2D eigenvalue weighted by Crippen LogP contribution is 2.15. The van der Waals surface area contributed by atoms with Crippen LogP contribution in [-0.2, 0) is 43.2 Å². The van der Waals surface area contributed by atoms with E-state index >= 15 is 0 Å². The molecule has 8 amide bonds. The number of rotatable bonds is 41. The van der Waals surface area contributed by atoms with Gasteiger partial charge in [-0.25, -0.2) is 4.79 Å². The van der Waals surface area contributed by atoms with Crippen LogP contribution in [0.1, 0.15) is 179 Å². The highest BCUT2D eigenvalue weighted by molar-refractivity contribution is 5.98. The van der Waals surface area contributed by atoms with E-state index in [1.54, 1.807) is 0 Å². The van der Waals surface area contributed by atoms with Gasteiger partial charge in [0.1, 0.15) is 48.3 Å². The van der Waals surface area contributed by atoms with E-state index in [1.807, 2.05) is 83.1 Å². The molecule has 0 rings (SSSR count). The molecule has 0 fully saturated rings. The molecular weight excluding hydrogens is 977 g/mol. The molecule has 17 N–H and O–H groups in total. The largest absolute Gasteiger partial charge is 0.480 e. The van der Waals surface area contributed by atoms with Gasteiger partial charge in [0, 0.05) is 0 Å². The van der Waals surface area contributed by atoms with Gasteiger partial charge in [0.25, 0.3) is 0 Å². The molecule has 0 bridgehead atoms. The van der Waals surface area contributed by atoms with Gasteiger partial charge in [-0.05, 0) is 145 Å². The molecule has 0 aromatic carbocycles. The number of nitrogens with two attached hydrogens (primary N) is 4. The van der Waals surface area contributed by atoms with Gasteiger partial charge in [0.2, 0.25) is 47.3 Å². The Morgan fingerprint density at radius 2 is 0.500 bits per heavy atom. The van der Waals surface area contributed by atoms with E-state index in [4.69, 9.17) is 22.9 Å². The maximum atomic E-state index is 14.4. The first-order chi connectivity index (χ1) is 35.6. The minimum atomic E-state index is -1.20. The summed E-state index contributed by atoms with van der Waals surface area (Å²) < 4.78 is 0. The van der Waals surface area contributed by atoms with Crippen LogP contribution in [0.2, 0.25) is 0 Å². The second-order valence-corrected chi connectivity index (χ2v) is 23.1. The number of nitrogens with one attached hydrogen (secondary N) is 8. The normalized spacial score (nSPS) is 15.2. The number of hydrogen-bond acceptors (Lipinski definition) is 13. The quantitative estimate of drug-likeness (QED) is 0.0390. The van der Waals surface area contributed by atoms with Crippen molar-refractivity contribution in [1.29, 1.82) is 0 Å². The van der Waals surface area contributed by atoms with Gasteiger partial charge in [-0.1, -0.05) is 89.5 Å². The summed E-state index contributed by atoms with van der Waals surface area (Å²) in [6.07, 6.45) is 5.05. The van der Waals surface area contributed by atoms with E-state index in [9.17, 15) is 48.3 Å². The SMILES string of the molecule is CC(C)C[C@H](NC(=O)[C@H](CC(C)C)NC(=O)[C@H](CCCCN)NC(=O)[C@H](CC(C)C)NC(=O)[C@H](CC(C)C)NC(=O)[C@H](CCCCN)NC(=O)[C@H](CC(C)C)NC(=O)[C@H](CC(C)C)NC(=O)[C@@H](N)CCCCN)C(=O)O. The maximum absolute atomic E-state index is 14.4. The van der Waals surface area contributed by atoms with E-state index in [0.717, 1.165) is 0 Å². The van der Waals surface area contributed by atoms with Crippen molar-refractivity contribution in [3.8, 4) is 0 Å². The highest BCUT2D eigenvalue weighted by atomic mass is 16.4.